The molecular weight excluding hydrogens is 1210 g/mol. The zero-order chi connectivity index (χ0) is 68.0. The minimum absolute atomic E-state index is 0.107. The molecule has 0 rings (SSSR count). The number of esters is 4. The SMILES string of the molecule is CCCCCCCCCCCCCCCC(=O)O[C@H](COC(=O)CCCCCCCCCC(C)C)COP(=O)(O)OC[C@H](O)COP(=O)(O)OC[C@@H](COC(=O)CCCCCCCCCCCCC(C)C)OC(=O)CCCCCCCCCCCCCCCC(C)C. The van der Waals surface area contributed by atoms with Crippen molar-refractivity contribution in [3.8, 4) is 0 Å². The van der Waals surface area contributed by atoms with Crippen LogP contribution < -0.4 is 0 Å². The average Bonchev–Trinajstić information content (AvgIpc) is 2.00. The van der Waals surface area contributed by atoms with Crippen molar-refractivity contribution >= 4 is 39.5 Å². The van der Waals surface area contributed by atoms with Crippen molar-refractivity contribution in [2.24, 2.45) is 17.8 Å². The Hall–Kier alpha value is -1.94. The van der Waals surface area contributed by atoms with Crippen LogP contribution in [0.25, 0.3) is 0 Å². The number of rotatable bonds is 71. The molecule has 0 aliphatic heterocycles. The van der Waals surface area contributed by atoms with Crippen LogP contribution in [0.15, 0.2) is 0 Å². The number of aliphatic hydroxyl groups excluding tert-OH is 1. The van der Waals surface area contributed by atoms with Gasteiger partial charge in [0.15, 0.2) is 12.2 Å². The first-order valence-corrected chi connectivity index (χ1v) is 40.8. The van der Waals surface area contributed by atoms with Crippen molar-refractivity contribution in [3.05, 3.63) is 0 Å². The fourth-order valence-corrected chi connectivity index (χ4v) is 12.7. The van der Waals surface area contributed by atoms with Crippen molar-refractivity contribution in [1.29, 1.82) is 0 Å². The first kappa shape index (κ1) is 90.1. The molecule has 5 atom stereocenters. The van der Waals surface area contributed by atoms with Gasteiger partial charge in [-0.05, 0) is 43.4 Å². The number of aliphatic hydroxyl groups is 1. The lowest BCUT2D eigenvalue weighted by Crippen LogP contribution is -2.30. The van der Waals surface area contributed by atoms with E-state index in [1.54, 1.807) is 0 Å². The van der Waals surface area contributed by atoms with E-state index in [0.717, 1.165) is 108 Å². The molecule has 0 aliphatic carbocycles. The predicted octanol–water partition coefficient (Wildman–Crippen LogP) is 21.0. The van der Waals surface area contributed by atoms with Crippen LogP contribution in [-0.4, -0.2) is 96.7 Å². The number of carbonyl (C=O) groups is 4. The van der Waals surface area contributed by atoms with Crippen LogP contribution >= 0.6 is 15.6 Å². The Balaban J connectivity index is 5.25. The molecule has 19 heteroatoms. The third-order valence-corrected chi connectivity index (χ3v) is 18.8. The molecule has 0 saturated carbocycles. The minimum atomic E-state index is -4.95. The largest absolute Gasteiger partial charge is 0.472 e. The normalized spacial score (nSPS) is 14.1. The van der Waals surface area contributed by atoms with E-state index >= 15 is 0 Å². The molecule has 0 amide bonds. The quantitative estimate of drug-likeness (QED) is 0.0222. The summed E-state index contributed by atoms with van der Waals surface area (Å²) in [5, 5.41) is 10.6. The van der Waals surface area contributed by atoms with Crippen LogP contribution in [0.4, 0.5) is 0 Å². The summed E-state index contributed by atoms with van der Waals surface area (Å²) < 4.78 is 68.4. The van der Waals surface area contributed by atoms with Gasteiger partial charge in [-0.1, -0.05) is 318 Å². The summed E-state index contributed by atoms with van der Waals surface area (Å²) in [5.41, 5.74) is 0. The maximum absolute atomic E-state index is 13.1. The summed E-state index contributed by atoms with van der Waals surface area (Å²) >= 11 is 0. The molecule has 0 aliphatic rings. The predicted molar refractivity (Wildman–Crippen MR) is 372 cm³/mol. The molecule has 17 nitrogen and oxygen atoms in total. The standard InChI is InChI=1S/C73H142O17P2/c1-8-9-10-11-12-13-14-16-20-27-34-42-49-56-72(77)90-69(61-84-71(76)55-48-41-36-29-32-39-46-53-66(6)7)63-88-92(81,82)86-59-67(74)58-85-91(79,80)87-62-68(60-83-70(75)54-47-40-33-26-23-22-25-31-38-45-52-65(4)5)89-73(78)57-50-43-35-28-21-18-15-17-19-24-30-37-44-51-64(2)3/h64-69,74H,8-63H2,1-7H3,(H,79,80)(H,81,82)/t67-,68-,69-/m1/s1. The van der Waals surface area contributed by atoms with Gasteiger partial charge in [-0.15, -0.1) is 0 Å². The van der Waals surface area contributed by atoms with Crippen molar-refractivity contribution in [1.82, 2.24) is 0 Å². The van der Waals surface area contributed by atoms with Gasteiger partial charge in [0.1, 0.15) is 19.3 Å². The van der Waals surface area contributed by atoms with Gasteiger partial charge in [0, 0.05) is 25.7 Å². The first-order chi connectivity index (χ1) is 44.2. The fourth-order valence-electron chi connectivity index (χ4n) is 11.1. The summed E-state index contributed by atoms with van der Waals surface area (Å²) in [6.45, 7) is 11.8. The zero-order valence-electron chi connectivity index (χ0n) is 60.0. The average molecular weight is 1350 g/mol. The van der Waals surface area contributed by atoms with Crippen molar-refractivity contribution < 1.29 is 80.2 Å². The van der Waals surface area contributed by atoms with E-state index in [4.69, 9.17) is 37.0 Å². The van der Waals surface area contributed by atoms with Gasteiger partial charge >= 0.3 is 39.5 Å². The van der Waals surface area contributed by atoms with Gasteiger partial charge in [-0.25, -0.2) is 9.13 Å². The van der Waals surface area contributed by atoms with Gasteiger partial charge < -0.3 is 33.8 Å². The van der Waals surface area contributed by atoms with Gasteiger partial charge in [-0.2, -0.15) is 0 Å². The van der Waals surface area contributed by atoms with Crippen LogP contribution in [0.1, 0.15) is 370 Å². The van der Waals surface area contributed by atoms with Crippen molar-refractivity contribution in [2.75, 3.05) is 39.6 Å². The van der Waals surface area contributed by atoms with Crippen LogP contribution in [0.2, 0.25) is 0 Å². The molecule has 0 heterocycles. The van der Waals surface area contributed by atoms with Crippen LogP contribution in [0.3, 0.4) is 0 Å². The topological polar surface area (TPSA) is 237 Å². The molecule has 0 radical (unpaired) electrons. The van der Waals surface area contributed by atoms with Gasteiger partial charge in [0.2, 0.25) is 0 Å². The number of unbranched alkanes of at least 4 members (excludes halogenated alkanes) is 39. The molecule has 0 fully saturated rings. The number of hydrogen-bond donors (Lipinski definition) is 3. The third-order valence-electron chi connectivity index (χ3n) is 16.9. The molecule has 0 spiro atoms. The Bertz CT molecular complexity index is 1800. The van der Waals surface area contributed by atoms with E-state index in [1.165, 1.54) is 173 Å². The van der Waals surface area contributed by atoms with Crippen LogP contribution in [0.5, 0.6) is 0 Å². The van der Waals surface area contributed by atoms with Crippen molar-refractivity contribution in [2.45, 2.75) is 388 Å². The summed E-state index contributed by atoms with van der Waals surface area (Å²) in [6, 6.07) is 0. The van der Waals surface area contributed by atoms with Gasteiger partial charge in [0.25, 0.3) is 0 Å². The number of carbonyl (C=O) groups excluding carboxylic acids is 4. The van der Waals surface area contributed by atoms with E-state index in [1.807, 2.05) is 0 Å². The number of ether oxygens (including phenoxy) is 4. The monoisotopic (exact) mass is 1350 g/mol. The Kier molecular flexibility index (Phi) is 62.4. The smallest absolute Gasteiger partial charge is 0.462 e. The Labute approximate surface area is 562 Å². The van der Waals surface area contributed by atoms with Crippen molar-refractivity contribution in [3.63, 3.8) is 0 Å². The highest BCUT2D eigenvalue weighted by molar-refractivity contribution is 7.47. The second-order valence-corrected chi connectivity index (χ2v) is 30.7. The van der Waals surface area contributed by atoms with E-state index in [-0.39, 0.29) is 25.7 Å². The molecule has 0 aromatic rings. The molecule has 3 N–H and O–H groups in total. The lowest BCUT2D eigenvalue weighted by molar-refractivity contribution is -0.161. The highest BCUT2D eigenvalue weighted by Gasteiger charge is 2.30. The Morgan fingerprint density at radius 1 is 0.293 bits per heavy atom. The van der Waals surface area contributed by atoms with E-state index in [2.05, 4.69) is 48.5 Å². The van der Waals surface area contributed by atoms with Gasteiger partial charge in [0.05, 0.1) is 26.4 Å². The highest BCUT2D eigenvalue weighted by atomic mass is 31.2. The molecular formula is C73H142O17P2. The molecule has 546 valence electrons. The molecule has 0 aromatic heterocycles. The van der Waals surface area contributed by atoms with E-state index < -0.39 is 97.5 Å². The van der Waals surface area contributed by atoms with E-state index in [9.17, 15) is 43.2 Å². The number of hydrogen-bond acceptors (Lipinski definition) is 15. The molecule has 2 unspecified atom stereocenters. The molecule has 0 aromatic carbocycles. The lowest BCUT2D eigenvalue weighted by atomic mass is 10.0. The van der Waals surface area contributed by atoms with E-state index in [0.29, 0.717) is 31.6 Å². The summed E-state index contributed by atoms with van der Waals surface area (Å²) in [4.78, 5) is 72.7. The maximum Gasteiger partial charge on any atom is 0.472 e. The summed E-state index contributed by atoms with van der Waals surface area (Å²) in [5.74, 6) is 0.129. The molecule has 92 heavy (non-hydrogen) atoms. The molecule has 0 saturated heterocycles. The first-order valence-electron chi connectivity index (χ1n) is 37.8. The van der Waals surface area contributed by atoms with Crippen LogP contribution in [0, 0.1) is 17.8 Å². The third kappa shape index (κ3) is 66.7. The zero-order valence-corrected chi connectivity index (χ0v) is 61.8. The fraction of sp³-hybridized carbons (Fsp3) is 0.945. The van der Waals surface area contributed by atoms with Crippen LogP contribution in [-0.2, 0) is 65.4 Å². The molecule has 0 bridgehead atoms. The minimum Gasteiger partial charge on any atom is -0.462 e. The summed E-state index contributed by atoms with van der Waals surface area (Å²) in [7, 11) is -9.91. The number of phosphoric ester groups is 2. The summed E-state index contributed by atoms with van der Waals surface area (Å²) in [6.07, 6.45) is 48.5. The Morgan fingerprint density at radius 2 is 0.500 bits per heavy atom. The van der Waals surface area contributed by atoms with Gasteiger partial charge in [-0.3, -0.25) is 37.3 Å². The lowest BCUT2D eigenvalue weighted by Gasteiger charge is -2.21. The Morgan fingerprint density at radius 3 is 0.739 bits per heavy atom. The highest BCUT2D eigenvalue weighted by Crippen LogP contribution is 2.45. The maximum atomic E-state index is 13.1. The second-order valence-electron chi connectivity index (χ2n) is 27.8. The number of phosphoric acid groups is 2. The second kappa shape index (κ2) is 63.8.